The first-order valence-corrected chi connectivity index (χ1v) is 13.5. The van der Waals surface area contributed by atoms with Crippen molar-refractivity contribution in [2.45, 2.75) is 78.2 Å². The van der Waals surface area contributed by atoms with Crippen LogP contribution in [0.1, 0.15) is 81.7 Å². The van der Waals surface area contributed by atoms with Crippen molar-refractivity contribution in [2.75, 3.05) is 25.4 Å². The van der Waals surface area contributed by atoms with Crippen molar-refractivity contribution in [3.63, 3.8) is 0 Å². The van der Waals surface area contributed by atoms with Crippen LogP contribution in [-0.4, -0.2) is 38.2 Å². The number of aryl methyl sites for hydroxylation is 1. The number of unbranched alkanes of at least 4 members (excludes halogenated alkanes) is 3. The van der Waals surface area contributed by atoms with E-state index in [1.807, 2.05) is 18.2 Å². The van der Waals surface area contributed by atoms with Gasteiger partial charge in [-0.3, -0.25) is 0 Å². The van der Waals surface area contributed by atoms with E-state index in [1.54, 1.807) is 11.8 Å². The maximum absolute atomic E-state index is 6.01. The molecule has 3 heterocycles. The average molecular weight is 482 g/mol. The molecule has 7 heteroatoms. The Kier molecular flexibility index (Phi) is 9.25. The fraction of sp³-hybridized carbons (Fsp3) is 0.556. The zero-order valence-corrected chi connectivity index (χ0v) is 21.6. The van der Waals surface area contributed by atoms with Gasteiger partial charge in [-0.25, -0.2) is 18.6 Å². The Balaban J connectivity index is 1.12. The summed E-state index contributed by atoms with van der Waals surface area (Å²) in [6, 6.07) is 4.02. The van der Waals surface area contributed by atoms with Crippen molar-refractivity contribution >= 4 is 24.0 Å². The average Bonchev–Trinajstić information content (AvgIpc) is 3.39. The van der Waals surface area contributed by atoms with Gasteiger partial charge in [-0.15, -0.1) is 0 Å². The third kappa shape index (κ3) is 7.45. The van der Waals surface area contributed by atoms with E-state index in [1.165, 1.54) is 49.8 Å². The molecule has 1 aliphatic carbocycles. The van der Waals surface area contributed by atoms with Gasteiger partial charge in [0.2, 0.25) is 0 Å². The van der Waals surface area contributed by atoms with Crippen LogP contribution in [0, 0.1) is 0 Å². The van der Waals surface area contributed by atoms with Crippen LogP contribution >= 0.6 is 12.1 Å². The highest BCUT2D eigenvalue weighted by Gasteiger charge is 2.21. The molecule has 0 unspecified atom stereocenters. The molecule has 0 spiro atoms. The number of nitrogens with two attached hydrogens (primary N) is 1. The van der Waals surface area contributed by atoms with Gasteiger partial charge in [-0.2, -0.15) is 0 Å². The van der Waals surface area contributed by atoms with Crippen LogP contribution in [-0.2, 0) is 19.4 Å². The van der Waals surface area contributed by atoms with Crippen LogP contribution in [0.3, 0.4) is 0 Å². The van der Waals surface area contributed by atoms with Crippen molar-refractivity contribution in [1.82, 2.24) is 18.6 Å². The fourth-order valence-electron chi connectivity index (χ4n) is 4.65. The van der Waals surface area contributed by atoms with Crippen molar-refractivity contribution in [3.8, 4) is 0 Å². The Bertz CT molecular complexity index is 999. The number of hydrogen-bond donors (Lipinski definition) is 1. The monoisotopic (exact) mass is 481 g/mol. The van der Waals surface area contributed by atoms with Crippen LogP contribution in [0.15, 0.2) is 40.0 Å². The van der Waals surface area contributed by atoms with E-state index in [-0.39, 0.29) is 0 Å². The van der Waals surface area contributed by atoms with Gasteiger partial charge in [-0.1, -0.05) is 37.0 Å². The minimum atomic E-state index is 0.601. The second kappa shape index (κ2) is 12.6. The predicted molar refractivity (Wildman–Crippen MR) is 142 cm³/mol. The number of pyridine rings is 1. The number of nitrogen functional groups attached to an aromatic ring is 1. The van der Waals surface area contributed by atoms with E-state index < -0.39 is 0 Å². The lowest BCUT2D eigenvalue weighted by Crippen LogP contribution is -2.13. The molecule has 1 fully saturated rings. The lowest BCUT2D eigenvalue weighted by Gasteiger charge is -2.16. The Labute approximate surface area is 209 Å². The predicted octanol–water partition coefficient (Wildman–Crippen LogP) is 6.21. The molecule has 34 heavy (non-hydrogen) atoms. The van der Waals surface area contributed by atoms with Crippen LogP contribution in [0.25, 0.3) is 6.08 Å². The molecule has 2 aromatic heterocycles. The van der Waals surface area contributed by atoms with Gasteiger partial charge in [0.05, 0.1) is 0 Å². The van der Waals surface area contributed by atoms with Crippen molar-refractivity contribution in [3.05, 3.63) is 58.5 Å². The van der Waals surface area contributed by atoms with Gasteiger partial charge in [0, 0.05) is 57.4 Å². The van der Waals surface area contributed by atoms with E-state index in [9.17, 15) is 0 Å². The summed E-state index contributed by atoms with van der Waals surface area (Å²) in [7, 11) is 0. The van der Waals surface area contributed by atoms with E-state index in [4.69, 9.17) is 10.2 Å². The Morgan fingerprint density at radius 1 is 1.12 bits per heavy atom. The molecule has 2 aromatic rings. The minimum Gasteiger partial charge on any atom is -0.445 e. The van der Waals surface area contributed by atoms with E-state index in [0.717, 1.165) is 62.7 Å². The second-order valence-electron chi connectivity index (χ2n) is 9.53. The highest BCUT2D eigenvalue weighted by atomic mass is 32.2. The topological polar surface area (TPSA) is 71.4 Å². The molecule has 4 rings (SSSR count). The van der Waals surface area contributed by atoms with Gasteiger partial charge in [0.25, 0.3) is 0 Å². The number of fused-ring (bicyclic) bond motifs is 1. The van der Waals surface area contributed by atoms with E-state index in [2.05, 4.69) is 50.6 Å². The smallest absolute Gasteiger partial charge is 0.194 e. The second-order valence-corrected chi connectivity index (χ2v) is 10.7. The number of allylic oxidation sites excluding steroid dienone is 3. The van der Waals surface area contributed by atoms with Gasteiger partial charge in [-0.05, 0) is 62.8 Å². The normalized spacial score (nSPS) is 20.3. The molecule has 0 amide bonds. The Morgan fingerprint density at radius 3 is 2.82 bits per heavy atom. The quantitative estimate of drug-likeness (QED) is 0.232. The number of oxazole rings is 1. The highest BCUT2D eigenvalue weighted by molar-refractivity contribution is 7.94. The first-order valence-electron chi connectivity index (χ1n) is 12.8. The first-order chi connectivity index (χ1) is 16.6. The summed E-state index contributed by atoms with van der Waals surface area (Å²) in [6.07, 6.45) is 16.7. The molecular formula is C27H39N5OS. The Hall–Kier alpha value is -2.09. The number of rotatable bonds is 11. The lowest BCUT2D eigenvalue weighted by molar-refractivity contribution is 0.446. The first kappa shape index (κ1) is 25.0. The summed E-state index contributed by atoms with van der Waals surface area (Å²) < 4.78 is 10.9. The summed E-state index contributed by atoms with van der Waals surface area (Å²) >= 11 is 1.88. The molecule has 2 aliphatic rings. The maximum atomic E-state index is 6.01. The molecule has 0 bridgehead atoms. The molecule has 184 valence electrons. The largest absolute Gasteiger partial charge is 0.445 e. The SMILES string of the molecule is CCCc1nc2c(o1)C/C=C(/CCCCCCN1CCN(Cc3ccnc(N)c3)S1)C/C(C)=C/2. The Morgan fingerprint density at radius 2 is 1.97 bits per heavy atom. The molecule has 1 aliphatic heterocycles. The molecular weight excluding hydrogens is 442 g/mol. The van der Waals surface area contributed by atoms with E-state index in [0.29, 0.717) is 5.82 Å². The van der Waals surface area contributed by atoms with Crippen LogP contribution in [0.5, 0.6) is 0 Å². The van der Waals surface area contributed by atoms with Crippen molar-refractivity contribution < 1.29 is 4.42 Å². The van der Waals surface area contributed by atoms with Crippen molar-refractivity contribution in [2.24, 2.45) is 0 Å². The van der Waals surface area contributed by atoms with Crippen LogP contribution < -0.4 is 5.73 Å². The number of aromatic nitrogens is 2. The maximum Gasteiger partial charge on any atom is 0.194 e. The lowest BCUT2D eigenvalue weighted by atomic mass is 9.96. The zero-order chi connectivity index (χ0) is 23.8. The minimum absolute atomic E-state index is 0.601. The van der Waals surface area contributed by atoms with Gasteiger partial charge in [0.15, 0.2) is 5.89 Å². The number of anilines is 1. The highest BCUT2D eigenvalue weighted by Crippen LogP contribution is 2.28. The number of hydrogen-bond acceptors (Lipinski definition) is 7. The van der Waals surface area contributed by atoms with Gasteiger partial charge >= 0.3 is 0 Å². The van der Waals surface area contributed by atoms with Gasteiger partial charge < -0.3 is 10.2 Å². The molecule has 0 saturated carbocycles. The van der Waals surface area contributed by atoms with Gasteiger partial charge in [0.1, 0.15) is 17.3 Å². The third-order valence-electron chi connectivity index (χ3n) is 6.39. The van der Waals surface area contributed by atoms with E-state index >= 15 is 0 Å². The zero-order valence-electron chi connectivity index (χ0n) is 20.8. The molecule has 0 atom stereocenters. The summed E-state index contributed by atoms with van der Waals surface area (Å²) in [4.78, 5) is 8.77. The molecule has 0 aromatic carbocycles. The van der Waals surface area contributed by atoms with Crippen molar-refractivity contribution in [1.29, 1.82) is 0 Å². The molecule has 0 radical (unpaired) electrons. The summed E-state index contributed by atoms with van der Waals surface area (Å²) in [5, 5.41) is 0. The summed E-state index contributed by atoms with van der Waals surface area (Å²) in [5.41, 5.74) is 11.0. The molecule has 1 saturated heterocycles. The standard InChI is InChI=1S/C27H39N5OS/c1-3-8-27-30-24-18-21(2)17-22(10-11-25(24)33-27)9-6-4-5-7-14-31-15-16-32(34-31)20-23-12-13-29-26(28)19-23/h10,12-13,18-19H,3-9,11,14-17,20H2,1-2H3,(H2,28,29)/b21-18+,22-10-. The molecule has 2 N–H and O–H groups in total. The fourth-order valence-corrected chi connectivity index (χ4v) is 5.73. The van der Waals surface area contributed by atoms with Crippen LogP contribution in [0.2, 0.25) is 0 Å². The summed E-state index contributed by atoms with van der Waals surface area (Å²) in [6.45, 7) is 8.71. The molecule has 6 nitrogen and oxygen atoms in total. The third-order valence-corrected chi connectivity index (χ3v) is 7.53. The number of nitrogens with zero attached hydrogens (tertiary/aromatic N) is 4. The van der Waals surface area contributed by atoms with Crippen LogP contribution in [0.4, 0.5) is 5.82 Å². The summed E-state index contributed by atoms with van der Waals surface area (Å²) in [5.74, 6) is 2.52.